The number of carbonyl (C=O) groups excluding carboxylic acids is 1. The first kappa shape index (κ1) is 23.1. The summed E-state index contributed by atoms with van der Waals surface area (Å²) in [5.74, 6) is 0.774. The molecule has 4 aromatic rings. The van der Waals surface area contributed by atoms with Crippen LogP contribution in [0.1, 0.15) is 36.0 Å². The Bertz CT molecular complexity index is 1290. The highest BCUT2D eigenvalue weighted by Gasteiger charge is 2.23. The van der Waals surface area contributed by atoms with Crippen molar-refractivity contribution < 1.29 is 4.79 Å². The maximum atomic E-state index is 12.4. The minimum Gasteiger partial charge on any atom is -0.367 e. The number of fused-ring (bicyclic) bond motifs is 1. The van der Waals surface area contributed by atoms with Crippen molar-refractivity contribution in [3.05, 3.63) is 72.6 Å². The molecule has 7 heteroatoms. The molecule has 1 aliphatic rings. The van der Waals surface area contributed by atoms with Crippen molar-refractivity contribution in [2.75, 3.05) is 32.5 Å². The highest BCUT2D eigenvalue weighted by Crippen LogP contribution is 2.28. The minimum absolute atomic E-state index is 0.00601. The molecule has 5 rings (SSSR count). The number of anilines is 1. The highest BCUT2D eigenvalue weighted by atomic mass is 16.1. The summed E-state index contributed by atoms with van der Waals surface area (Å²) in [5.41, 5.74) is 5.38. The molecule has 1 amide bonds. The maximum absolute atomic E-state index is 12.4. The van der Waals surface area contributed by atoms with Gasteiger partial charge in [0.2, 0.25) is 0 Å². The topological polar surface area (TPSA) is 74.6 Å². The van der Waals surface area contributed by atoms with Crippen molar-refractivity contribution in [1.82, 2.24) is 24.6 Å². The zero-order valence-corrected chi connectivity index (χ0v) is 20.4. The molecule has 0 unspecified atom stereocenters. The number of nitrogens with zero attached hydrogens (tertiary/aromatic N) is 4. The van der Waals surface area contributed by atoms with Gasteiger partial charge in [-0.25, -0.2) is 9.97 Å². The molecule has 1 aliphatic carbocycles. The highest BCUT2D eigenvalue weighted by molar-refractivity contribution is 5.95. The normalized spacial score (nSPS) is 13.3. The average Bonchev–Trinajstić information content (AvgIpc) is 3.59. The Morgan fingerprint density at radius 1 is 1.03 bits per heavy atom. The summed E-state index contributed by atoms with van der Waals surface area (Å²) >= 11 is 0. The van der Waals surface area contributed by atoms with Gasteiger partial charge >= 0.3 is 0 Å². The largest absolute Gasteiger partial charge is 0.367 e. The second-order valence-electron chi connectivity index (χ2n) is 9.44. The number of rotatable bonds is 10. The van der Waals surface area contributed by atoms with E-state index in [1.807, 2.05) is 54.9 Å². The van der Waals surface area contributed by atoms with Gasteiger partial charge in [-0.1, -0.05) is 42.5 Å². The second kappa shape index (κ2) is 10.3. The van der Waals surface area contributed by atoms with Crippen molar-refractivity contribution in [1.29, 1.82) is 0 Å². The van der Waals surface area contributed by atoms with Crippen LogP contribution in [0.2, 0.25) is 0 Å². The number of imidazole rings is 1. The van der Waals surface area contributed by atoms with Gasteiger partial charge in [0.1, 0.15) is 0 Å². The van der Waals surface area contributed by atoms with Crippen LogP contribution in [-0.4, -0.2) is 58.4 Å². The molecule has 180 valence electrons. The van der Waals surface area contributed by atoms with Crippen LogP contribution in [0, 0.1) is 0 Å². The number of hydrogen-bond donors (Lipinski definition) is 2. The number of benzene rings is 2. The van der Waals surface area contributed by atoms with Gasteiger partial charge in [-0.15, -0.1) is 0 Å². The van der Waals surface area contributed by atoms with E-state index >= 15 is 0 Å². The number of nitrogens with one attached hydrogen (secondary N) is 2. The quantitative estimate of drug-likeness (QED) is 0.330. The second-order valence-corrected chi connectivity index (χ2v) is 9.44. The number of carbonyl (C=O) groups is 1. The fourth-order valence-electron chi connectivity index (χ4n) is 4.12. The Morgan fingerprint density at radius 3 is 2.51 bits per heavy atom. The van der Waals surface area contributed by atoms with Crippen LogP contribution in [0.3, 0.4) is 0 Å². The summed E-state index contributed by atoms with van der Waals surface area (Å²) in [4.78, 5) is 24.2. The molecule has 0 aliphatic heterocycles. The third kappa shape index (κ3) is 5.52. The van der Waals surface area contributed by atoms with Gasteiger partial charge in [-0.2, -0.15) is 0 Å². The lowest BCUT2D eigenvalue weighted by molar-refractivity contribution is 0.0951. The molecule has 1 fully saturated rings. The maximum Gasteiger partial charge on any atom is 0.251 e. The van der Waals surface area contributed by atoms with Gasteiger partial charge in [0, 0.05) is 35.5 Å². The van der Waals surface area contributed by atoms with Crippen LogP contribution in [0.4, 0.5) is 5.82 Å². The molecule has 0 radical (unpaired) electrons. The number of aromatic nitrogens is 3. The standard InChI is InChI=1S/C28H32N6O/c1-33(2)17-7-6-16-29-26-27-30-18-25(34(27)19-24(32-26)20-8-4-3-5-9-20)21-10-12-22(13-11-21)28(35)31-23-14-15-23/h3-5,8-13,18-19,23H,6-7,14-17H2,1-2H3,(H,29,32)(H,31,35). The van der Waals surface area contributed by atoms with E-state index in [0.29, 0.717) is 11.6 Å². The van der Waals surface area contributed by atoms with Gasteiger partial charge in [-0.05, 0) is 58.5 Å². The first-order chi connectivity index (χ1) is 17.1. The van der Waals surface area contributed by atoms with E-state index in [4.69, 9.17) is 9.97 Å². The van der Waals surface area contributed by atoms with Crippen LogP contribution in [-0.2, 0) is 0 Å². The number of unbranched alkanes of at least 4 members (excludes halogenated alkanes) is 1. The summed E-state index contributed by atoms with van der Waals surface area (Å²) in [7, 11) is 4.19. The lowest BCUT2D eigenvalue weighted by Gasteiger charge is -2.12. The Balaban J connectivity index is 1.45. The van der Waals surface area contributed by atoms with E-state index < -0.39 is 0 Å². The predicted molar refractivity (Wildman–Crippen MR) is 141 cm³/mol. The van der Waals surface area contributed by atoms with E-state index in [-0.39, 0.29) is 5.91 Å². The van der Waals surface area contributed by atoms with Crippen LogP contribution in [0.5, 0.6) is 0 Å². The average molecular weight is 469 g/mol. The summed E-state index contributed by atoms with van der Waals surface area (Å²) in [6.45, 7) is 1.90. The van der Waals surface area contributed by atoms with Gasteiger partial charge in [0.15, 0.2) is 11.5 Å². The van der Waals surface area contributed by atoms with Crippen molar-refractivity contribution in [3.8, 4) is 22.5 Å². The fraction of sp³-hybridized carbons (Fsp3) is 0.321. The molecule has 0 bridgehead atoms. The fourth-order valence-corrected chi connectivity index (χ4v) is 4.12. The molecular weight excluding hydrogens is 436 g/mol. The minimum atomic E-state index is -0.00601. The van der Waals surface area contributed by atoms with Crippen LogP contribution in [0.15, 0.2) is 67.0 Å². The van der Waals surface area contributed by atoms with Gasteiger partial charge in [-0.3, -0.25) is 9.20 Å². The van der Waals surface area contributed by atoms with E-state index in [1.165, 1.54) is 0 Å². The third-order valence-corrected chi connectivity index (χ3v) is 6.24. The number of amides is 1. The molecule has 2 aromatic heterocycles. The van der Waals surface area contributed by atoms with E-state index in [0.717, 1.165) is 72.8 Å². The van der Waals surface area contributed by atoms with E-state index in [1.54, 1.807) is 0 Å². The molecule has 0 saturated heterocycles. The molecule has 0 spiro atoms. The molecule has 2 heterocycles. The first-order valence-corrected chi connectivity index (χ1v) is 12.3. The van der Waals surface area contributed by atoms with Crippen LogP contribution < -0.4 is 10.6 Å². The first-order valence-electron chi connectivity index (χ1n) is 12.3. The van der Waals surface area contributed by atoms with Gasteiger partial charge in [0.05, 0.1) is 17.6 Å². The molecule has 35 heavy (non-hydrogen) atoms. The Labute approximate surface area is 206 Å². The summed E-state index contributed by atoms with van der Waals surface area (Å²) in [6, 6.07) is 18.3. The molecule has 2 aromatic carbocycles. The molecule has 2 N–H and O–H groups in total. The monoisotopic (exact) mass is 468 g/mol. The lowest BCUT2D eigenvalue weighted by Crippen LogP contribution is -2.25. The molecular formula is C28H32N6O. The Hall–Kier alpha value is -3.71. The summed E-state index contributed by atoms with van der Waals surface area (Å²) in [6.07, 6.45) is 8.25. The van der Waals surface area contributed by atoms with Gasteiger partial charge < -0.3 is 15.5 Å². The smallest absolute Gasteiger partial charge is 0.251 e. The summed E-state index contributed by atoms with van der Waals surface area (Å²) in [5, 5.41) is 6.56. The van der Waals surface area contributed by atoms with Crippen molar-refractivity contribution in [2.24, 2.45) is 0 Å². The van der Waals surface area contributed by atoms with E-state index in [2.05, 4.69) is 46.2 Å². The van der Waals surface area contributed by atoms with Gasteiger partial charge in [0.25, 0.3) is 5.91 Å². The van der Waals surface area contributed by atoms with Crippen molar-refractivity contribution in [3.63, 3.8) is 0 Å². The van der Waals surface area contributed by atoms with Crippen molar-refractivity contribution in [2.45, 2.75) is 31.7 Å². The third-order valence-electron chi connectivity index (χ3n) is 6.24. The molecule has 0 atom stereocenters. The Kier molecular flexibility index (Phi) is 6.77. The molecule has 1 saturated carbocycles. The van der Waals surface area contributed by atoms with E-state index in [9.17, 15) is 4.79 Å². The van der Waals surface area contributed by atoms with Crippen LogP contribution >= 0.6 is 0 Å². The predicted octanol–water partition coefficient (Wildman–Crippen LogP) is 4.71. The lowest BCUT2D eigenvalue weighted by atomic mass is 10.1. The van der Waals surface area contributed by atoms with Crippen LogP contribution in [0.25, 0.3) is 28.2 Å². The Morgan fingerprint density at radius 2 is 1.80 bits per heavy atom. The molecule has 7 nitrogen and oxygen atoms in total. The zero-order valence-electron chi connectivity index (χ0n) is 20.4. The van der Waals surface area contributed by atoms with Crippen molar-refractivity contribution >= 4 is 17.4 Å². The summed E-state index contributed by atoms with van der Waals surface area (Å²) < 4.78 is 2.09. The number of hydrogen-bond acceptors (Lipinski definition) is 5. The SMILES string of the molecule is CN(C)CCCCNc1nc(-c2ccccc2)cn2c(-c3ccc(C(=O)NC4CC4)cc3)cnc12. The zero-order chi connectivity index (χ0) is 24.2.